The molecule has 0 spiro atoms. The van der Waals surface area contributed by atoms with E-state index in [1.807, 2.05) is 6.92 Å². The molecule has 0 amide bonds. The Morgan fingerprint density at radius 3 is 2.83 bits per heavy atom. The van der Waals surface area contributed by atoms with Crippen LogP contribution in [-0.2, 0) is 17.1 Å². The molecule has 0 aromatic carbocycles. The summed E-state index contributed by atoms with van der Waals surface area (Å²) >= 11 is 0. The maximum Gasteiger partial charge on any atom is 0.307 e. The van der Waals surface area contributed by atoms with Gasteiger partial charge >= 0.3 is 5.92 Å². The van der Waals surface area contributed by atoms with Crippen LogP contribution in [0.4, 0.5) is 8.78 Å². The summed E-state index contributed by atoms with van der Waals surface area (Å²) in [5, 5.41) is 13.5. The van der Waals surface area contributed by atoms with Crippen molar-refractivity contribution in [1.29, 1.82) is 0 Å². The van der Waals surface area contributed by atoms with Gasteiger partial charge in [0.2, 0.25) is 11.7 Å². The summed E-state index contributed by atoms with van der Waals surface area (Å²) in [6.45, 7) is 2.99. The van der Waals surface area contributed by atoms with Gasteiger partial charge in [0.15, 0.2) is 0 Å². The highest BCUT2D eigenvalue weighted by atomic mass is 19.3. The van der Waals surface area contributed by atoms with Crippen LogP contribution in [0.3, 0.4) is 0 Å². The third-order valence-corrected chi connectivity index (χ3v) is 2.98. The molecular formula is C11H16F2N2O3. The smallest absolute Gasteiger partial charge is 0.307 e. The van der Waals surface area contributed by atoms with Gasteiger partial charge in [0, 0.05) is 26.4 Å². The summed E-state index contributed by atoms with van der Waals surface area (Å²) in [5.74, 6) is -3.75. The number of rotatable bonds is 3. The summed E-state index contributed by atoms with van der Waals surface area (Å²) < 4.78 is 35.9. The van der Waals surface area contributed by atoms with Crippen molar-refractivity contribution in [2.45, 2.75) is 50.7 Å². The first-order chi connectivity index (χ1) is 8.28. The molecular weight excluding hydrogens is 246 g/mol. The van der Waals surface area contributed by atoms with Crippen molar-refractivity contribution < 1.29 is 23.1 Å². The minimum absolute atomic E-state index is 0.0307. The molecule has 1 fully saturated rings. The summed E-state index contributed by atoms with van der Waals surface area (Å²) in [7, 11) is 0. The second-order valence-corrected chi connectivity index (χ2v) is 4.94. The quantitative estimate of drug-likeness (QED) is 0.897. The van der Waals surface area contributed by atoms with Crippen LogP contribution < -0.4 is 0 Å². The van der Waals surface area contributed by atoms with Crippen LogP contribution in [0.25, 0.3) is 0 Å². The molecule has 0 bridgehead atoms. The Balaban J connectivity index is 2.07. The fraction of sp³-hybridized carbons (Fsp3) is 0.818. The van der Waals surface area contributed by atoms with Crippen molar-refractivity contribution in [1.82, 2.24) is 10.1 Å². The molecule has 7 heteroatoms. The standard InChI is InChI=1S/C11H16F2N2O3/c1-7-5-11(16,3-4-17-7)6-8-14-9(15-18-8)10(2,12)13/h7,16H,3-6H2,1-2H3/t7-,11-/m0/s1. The van der Waals surface area contributed by atoms with E-state index in [0.717, 1.165) is 0 Å². The highest BCUT2D eigenvalue weighted by Crippen LogP contribution is 2.29. The predicted molar refractivity (Wildman–Crippen MR) is 57.2 cm³/mol. The van der Waals surface area contributed by atoms with Crippen molar-refractivity contribution in [3.63, 3.8) is 0 Å². The van der Waals surface area contributed by atoms with Crippen molar-refractivity contribution in [2.75, 3.05) is 6.61 Å². The molecule has 5 nitrogen and oxygen atoms in total. The monoisotopic (exact) mass is 262 g/mol. The van der Waals surface area contributed by atoms with E-state index in [1.165, 1.54) is 0 Å². The van der Waals surface area contributed by atoms with E-state index in [1.54, 1.807) is 0 Å². The molecule has 2 heterocycles. The van der Waals surface area contributed by atoms with Gasteiger partial charge < -0.3 is 14.4 Å². The Bertz CT molecular complexity index is 419. The SMILES string of the molecule is C[C@H]1C[C@](O)(Cc2nc(C(C)(F)F)no2)CCO1. The lowest BCUT2D eigenvalue weighted by atomic mass is 9.88. The molecule has 1 aromatic rings. The number of ether oxygens (including phenoxy) is 1. The average Bonchev–Trinajstić information content (AvgIpc) is 2.64. The second-order valence-electron chi connectivity index (χ2n) is 4.94. The second kappa shape index (κ2) is 4.55. The molecule has 0 unspecified atom stereocenters. The molecule has 1 N–H and O–H groups in total. The lowest BCUT2D eigenvalue weighted by Crippen LogP contribution is -2.41. The Hall–Kier alpha value is -1.08. The van der Waals surface area contributed by atoms with Crippen LogP contribution in [0, 0.1) is 0 Å². The fourth-order valence-corrected chi connectivity index (χ4v) is 2.09. The highest BCUT2D eigenvalue weighted by molar-refractivity contribution is 4.98. The van der Waals surface area contributed by atoms with Crippen LogP contribution in [0.1, 0.15) is 38.4 Å². The van der Waals surface area contributed by atoms with Crippen LogP contribution in [0.2, 0.25) is 0 Å². The molecule has 1 aliphatic heterocycles. The van der Waals surface area contributed by atoms with Crippen molar-refractivity contribution in [2.24, 2.45) is 0 Å². The van der Waals surface area contributed by atoms with E-state index >= 15 is 0 Å². The molecule has 1 saturated heterocycles. The van der Waals surface area contributed by atoms with Crippen LogP contribution in [0.15, 0.2) is 4.52 Å². The topological polar surface area (TPSA) is 68.4 Å². The summed E-state index contributed by atoms with van der Waals surface area (Å²) in [6, 6.07) is 0. The number of hydrogen-bond acceptors (Lipinski definition) is 5. The van der Waals surface area contributed by atoms with E-state index in [0.29, 0.717) is 26.4 Å². The number of hydrogen-bond donors (Lipinski definition) is 1. The minimum Gasteiger partial charge on any atom is -0.389 e. The zero-order valence-corrected chi connectivity index (χ0v) is 10.3. The van der Waals surface area contributed by atoms with Crippen LogP contribution >= 0.6 is 0 Å². The summed E-state index contributed by atoms with van der Waals surface area (Å²) in [6.07, 6.45) is 0.855. The number of aliphatic hydroxyl groups is 1. The van der Waals surface area contributed by atoms with Gasteiger partial charge in [0.25, 0.3) is 0 Å². The van der Waals surface area contributed by atoms with Gasteiger partial charge in [-0.05, 0) is 6.92 Å². The molecule has 0 saturated carbocycles. The average molecular weight is 262 g/mol. The fourth-order valence-electron chi connectivity index (χ4n) is 2.09. The number of nitrogens with zero attached hydrogens (tertiary/aromatic N) is 2. The van der Waals surface area contributed by atoms with E-state index in [-0.39, 0.29) is 18.4 Å². The number of alkyl halides is 2. The van der Waals surface area contributed by atoms with Gasteiger partial charge in [-0.15, -0.1) is 0 Å². The molecule has 2 rings (SSSR count). The predicted octanol–water partition coefficient (Wildman–Crippen LogP) is 1.65. The first kappa shape index (κ1) is 13.4. The zero-order chi connectivity index (χ0) is 13.4. The van der Waals surface area contributed by atoms with Gasteiger partial charge in [-0.3, -0.25) is 0 Å². The van der Waals surface area contributed by atoms with Crippen molar-refractivity contribution in [3.05, 3.63) is 11.7 Å². The Labute approximate surface area is 103 Å². The maximum atomic E-state index is 12.9. The maximum absolute atomic E-state index is 12.9. The zero-order valence-electron chi connectivity index (χ0n) is 10.3. The molecule has 1 aliphatic rings. The largest absolute Gasteiger partial charge is 0.389 e. The van der Waals surface area contributed by atoms with E-state index in [4.69, 9.17) is 9.26 Å². The van der Waals surface area contributed by atoms with E-state index < -0.39 is 17.3 Å². The van der Waals surface area contributed by atoms with E-state index in [9.17, 15) is 13.9 Å². The molecule has 0 radical (unpaired) electrons. The number of aromatic nitrogens is 2. The van der Waals surface area contributed by atoms with E-state index in [2.05, 4.69) is 10.1 Å². The normalized spacial score (nSPS) is 29.5. The lowest BCUT2D eigenvalue weighted by Gasteiger charge is -2.34. The Morgan fingerprint density at radius 2 is 2.28 bits per heavy atom. The van der Waals surface area contributed by atoms with Gasteiger partial charge in [-0.1, -0.05) is 5.16 Å². The van der Waals surface area contributed by atoms with Gasteiger partial charge in [-0.2, -0.15) is 13.8 Å². The van der Waals surface area contributed by atoms with Gasteiger partial charge in [-0.25, -0.2) is 0 Å². The lowest BCUT2D eigenvalue weighted by molar-refractivity contribution is -0.0987. The molecule has 2 atom stereocenters. The van der Waals surface area contributed by atoms with Gasteiger partial charge in [0.05, 0.1) is 18.1 Å². The molecule has 1 aromatic heterocycles. The summed E-state index contributed by atoms with van der Waals surface area (Å²) in [4.78, 5) is 3.62. The van der Waals surface area contributed by atoms with Crippen LogP contribution in [-0.4, -0.2) is 33.6 Å². The number of halogens is 2. The Morgan fingerprint density at radius 1 is 1.56 bits per heavy atom. The molecule has 0 aliphatic carbocycles. The first-order valence-electron chi connectivity index (χ1n) is 5.83. The molecule has 18 heavy (non-hydrogen) atoms. The van der Waals surface area contributed by atoms with Crippen LogP contribution in [0.5, 0.6) is 0 Å². The van der Waals surface area contributed by atoms with Crippen molar-refractivity contribution >= 4 is 0 Å². The third-order valence-electron chi connectivity index (χ3n) is 2.98. The third kappa shape index (κ3) is 3.02. The van der Waals surface area contributed by atoms with Crippen molar-refractivity contribution in [3.8, 4) is 0 Å². The first-order valence-corrected chi connectivity index (χ1v) is 5.83. The Kier molecular flexibility index (Phi) is 3.37. The minimum atomic E-state index is -3.13. The molecule has 102 valence electrons. The summed E-state index contributed by atoms with van der Waals surface area (Å²) in [5.41, 5.74) is -1.02. The van der Waals surface area contributed by atoms with Gasteiger partial charge in [0.1, 0.15) is 0 Å². The highest BCUT2D eigenvalue weighted by Gasteiger charge is 2.37.